The van der Waals surface area contributed by atoms with Gasteiger partial charge in [-0.2, -0.15) is 0 Å². The number of aromatic nitrogens is 2. The van der Waals surface area contributed by atoms with Gasteiger partial charge in [-0.25, -0.2) is 9.97 Å². The molecule has 0 saturated carbocycles. The number of nitrogens with zero attached hydrogens (tertiary/aromatic N) is 2. The van der Waals surface area contributed by atoms with Crippen molar-refractivity contribution in [3.05, 3.63) is 72.1 Å². The molecule has 36 heavy (non-hydrogen) atoms. The zero-order valence-corrected chi connectivity index (χ0v) is 23.1. The molecular weight excluding hydrogens is 464 g/mol. The molecule has 0 spiro atoms. The molecule has 1 heterocycles. The van der Waals surface area contributed by atoms with Gasteiger partial charge in [-0.3, -0.25) is 0 Å². The molecule has 0 fully saturated rings. The van der Waals surface area contributed by atoms with E-state index in [0.717, 1.165) is 37.1 Å². The van der Waals surface area contributed by atoms with Crippen molar-refractivity contribution in [1.82, 2.24) is 9.97 Å². The fourth-order valence-electron chi connectivity index (χ4n) is 4.49. The van der Waals surface area contributed by atoms with Crippen LogP contribution < -0.4 is 0 Å². The summed E-state index contributed by atoms with van der Waals surface area (Å²) in [7, 11) is 0. The van der Waals surface area contributed by atoms with Gasteiger partial charge in [0.2, 0.25) is 0 Å². The van der Waals surface area contributed by atoms with Crippen LogP contribution >= 0.6 is 11.6 Å². The maximum absolute atomic E-state index is 6.22. The van der Waals surface area contributed by atoms with Crippen LogP contribution in [0.25, 0.3) is 22.5 Å². The third-order valence-corrected chi connectivity index (χ3v) is 6.94. The topological polar surface area (TPSA) is 35.0 Å². The average molecular weight is 507 g/mol. The first kappa shape index (κ1) is 28.3. The number of aryl methyl sites for hydroxylation is 1. The van der Waals surface area contributed by atoms with Gasteiger partial charge in [0, 0.05) is 18.0 Å². The van der Waals surface area contributed by atoms with E-state index in [0.29, 0.717) is 0 Å². The Labute approximate surface area is 223 Å². The van der Waals surface area contributed by atoms with Crippen molar-refractivity contribution in [2.24, 2.45) is 0 Å². The van der Waals surface area contributed by atoms with Crippen LogP contribution in [-0.4, -0.2) is 21.6 Å². The number of rotatable bonds is 16. The highest BCUT2D eigenvalue weighted by atomic mass is 35.5. The lowest BCUT2D eigenvalue weighted by Crippen LogP contribution is -2.17. The second-order valence-corrected chi connectivity index (χ2v) is 10.4. The van der Waals surface area contributed by atoms with Crippen molar-refractivity contribution >= 4 is 11.6 Å². The lowest BCUT2D eigenvalue weighted by molar-refractivity contribution is 0.0391. The van der Waals surface area contributed by atoms with Crippen LogP contribution in [-0.2, 0) is 17.6 Å². The first-order chi connectivity index (χ1) is 17.6. The standard InChI is InChI=1S/C32H43ClN2O/c1-4-6-7-8-9-10-11-13-27-23-34-32(35-24-27)30-20-18-29(19-21-30)28-16-14-26(15-17-28)22-25(3)36-31(33)12-5-2/h14-21,23-25,31H,4-13,22H2,1-3H3. The monoisotopic (exact) mass is 506 g/mol. The SMILES string of the molecule is CCCCCCCCCc1cnc(-c2ccc(-c3ccc(CC(C)OC(Cl)CCC)cc3)cc2)nc1. The molecule has 0 aliphatic rings. The Balaban J connectivity index is 1.48. The summed E-state index contributed by atoms with van der Waals surface area (Å²) in [5, 5.41) is 0. The molecule has 194 valence electrons. The molecule has 3 aromatic rings. The van der Waals surface area contributed by atoms with Crippen molar-refractivity contribution in [3.63, 3.8) is 0 Å². The summed E-state index contributed by atoms with van der Waals surface area (Å²) < 4.78 is 5.87. The van der Waals surface area contributed by atoms with Gasteiger partial charge in [0.1, 0.15) is 5.56 Å². The van der Waals surface area contributed by atoms with Gasteiger partial charge < -0.3 is 4.74 Å². The Hall–Kier alpha value is -2.23. The van der Waals surface area contributed by atoms with Crippen LogP contribution in [0.1, 0.15) is 89.7 Å². The highest BCUT2D eigenvalue weighted by Gasteiger charge is 2.11. The number of ether oxygens (including phenoxy) is 1. The van der Waals surface area contributed by atoms with E-state index in [2.05, 4.69) is 79.3 Å². The van der Waals surface area contributed by atoms with E-state index < -0.39 is 0 Å². The highest BCUT2D eigenvalue weighted by Crippen LogP contribution is 2.24. The third-order valence-electron chi connectivity index (χ3n) is 6.62. The molecule has 0 N–H and O–H groups in total. The van der Waals surface area contributed by atoms with Gasteiger partial charge in [0.05, 0.1) is 6.10 Å². The lowest BCUT2D eigenvalue weighted by Gasteiger charge is -2.17. The first-order valence-corrected chi connectivity index (χ1v) is 14.3. The first-order valence-electron chi connectivity index (χ1n) is 13.9. The van der Waals surface area contributed by atoms with E-state index in [-0.39, 0.29) is 11.7 Å². The smallest absolute Gasteiger partial charge is 0.159 e. The molecule has 0 radical (unpaired) electrons. The van der Waals surface area contributed by atoms with Crippen molar-refractivity contribution in [2.75, 3.05) is 0 Å². The Morgan fingerprint density at radius 3 is 1.86 bits per heavy atom. The van der Waals surface area contributed by atoms with E-state index in [1.165, 1.54) is 67.2 Å². The second kappa shape index (κ2) is 15.8. The van der Waals surface area contributed by atoms with Crippen LogP contribution in [0.3, 0.4) is 0 Å². The Bertz CT molecular complexity index is 986. The fraction of sp³-hybridized carbons (Fsp3) is 0.500. The molecule has 2 unspecified atom stereocenters. The maximum Gasteiger partial charge on any atom is 0.159 e. The molecule has 0 amide bonds. The molecule has 3 nitrogen and oxygen atoms in total. The minimum Gasteiger partial charge on any atom is -0.359 e. The van der Waals surface area contributed by atoms with Gasteiger partial charge >= 0.3 is 0 Å². The number of hydrogen-bond acceptors (Lipinski definition) is 3. The molecule has 0 saturated heterocycles. The normalized spacial score (nSPS) is 13.0. The number of unbranched alkanes of at least 4 members (excludes halogenated alkanes) is 6. The summed E-state index contributed by atoms with van der Waals surface area (Å²) in [6, 6.07) is 17.2. The van der Waals surface area contributed by atoms with Crippen LogP contribution in [0, 0.1) is 0 Å². The fourth-order valence-corrected chi connectivity index (χ4v) is 4.89. The van der Waals surface area contributed by atoms with Crippen molar-refractivity contribution in [1.29, 1.82) is 0 Å². The summed E-state index contributed by atoms with van der Waals surface area (Å²) in [5.74, 6) is 0.787. The summed E-state index contributed by atoms with van der Waals surface area (Å²) in [6.45, 7) is 6.47. The van der Waals surface area contributed by atoms with Gasteiger partial charge in [-0.05, 0) is 54.9 Å². The zero-order chi connectivity index (χ0) is 25.6. The van der Waals surface area contributed by atoms with Crippen LogP contribution in [0.4, 0.5) is 0 Å². The molecule has 0 aliphatic heterocycles. The number of halogens is 1. The molecule has 2 atom stereocenters. The Morgan fingerprint density at radius 1 is 0.694 bits per heavy atom. The van der Waals surface area contributed by atoms with Crippen LogP contribution in [0.2, 0.25) is 0 Å². The largest absolute Gasteiger partial charge is 0.359 e. The lowest BCUT2D eigenvalue weighted by atomic mass is 10.0. The Kier molecular flexibility index (Phi) is 12.4. The molecule has 0 aliphatic carbocycles. The van der Waals surface area contributed by atoms with Crippen LogP contribution in [0.15, 0.2) is 60.9 Å². The summed E-state index contributed by atoms with van der Waals surface area (Å²) >= 11 is 6.22. The predicted octanol–water partition coefficient (Wildman–Crippen LogP) is 9.42. The van der Waals surface area contributed by atoms with E-state index in [4.69, 9.17) is 16.3 Å². The van der Waals surface area contributed by atoms with Gasteiger partial charge in [0.15, 0.2) is 5.82 Å². The van der Waals surface area contributed by atoms with Crippen molar-refractivity contribution < 1.29 is 4.74 Å². The number of hydrogen-bond donors (Lipinski definition) is 0. The number of benzene rings is 2. The van der Waals surface area contributed by atoms with Gasteiger partial charge in [-0.1, -0.05) is 119 Å². The van der Waals surface area contributed by atoms with E-state index >= 15 is 0 Å². The molecule has 2 aromatic carbocycles. The van der Waals surface area contributed by atoms with Gasteiger partial charge in [0.25, 0.3) is 0 Å². The van der Waals surface area contributed by atoms with Gasteiger partial charge in [-0.15, -0.1) is 0 Å². The average Bonchev–Trinajstić information content (AvgIpc) is 2.89. The zero-order valence-electron chi connectivity index (χ0n) is 22.4. The van der Waals surface area contributed by atoms with E-state index in [1.54, 1.807) is 0 Å². The molecule has 4 heteroatoms. The molecule has 1 aromatic heterocycles. The summed E-state index contributed by atoms with van der Waals surface area (Å²) in [5.41, 5.74) is 5.73. The molecule has 3 rings (SSSR count). The minimum atomic E-state index is -0.201. The summed E-state index contributed by atoms with van der Waals surface area (Å²) in [4.78, 5) is 9.26. The second-order valence-electron chi connectivity index (χ2n) is 9.91. The Morgan fingerprint density at radius 2 is 1.25 bits per heavy atom. The van der Waals surface area contributed by atoms with Crippen molar-refractivity contribution in [2.45, 2.75) is 103 Å². The molecular formula is C32H43ClN2O. The number of alkyl halides is 1. The third kappa shape index (κ3) is 9.67. The van der Waals surface area contributed by atoms with Crippen LogP contribution in [0.5, 0.6) is 0 Å². The maximum atomic E-state index is 6.22. The van der Waals surface area contributed by atoms with E-state index in [1.807, 2.05) is 12.4 Å². The van der Waals surface area contributed by atoms with Crippen molar-refractivity contribution in [3.8, 4) is 22.5 Å². The quantitative estimate of drug-likeness (QED) is 0.143. The van der Waals surface area contributed by atoms with E-state index in [9.17, 15) is 0 Å². The minimum absolute atomic E-state index is 0.103. The summed E-state index contributed by atoms with van der Waals surface area (Å²) in [6.07, 6.45) is 17.2. The molecule has 0 bridgehead atoms. The predicted molar refractivity (Wildman–Crippen MR) is 153 cm³/mol. The highest BCUT2D eigenvalue weighted by molar-refractivity contribution is 6.19.